The smallest absolute Gasteiger partial charge is 0.242 e. The van der Waals surface area contributed by atoms with E-state index in [1.165, 1.54) is 18.4 Å². The highest BCUT2D eigenvalue weighted by atomic mass is 32.2. The van der Waals surface area contributed by atoms with E-state index in [1.807, 2.05) is 19.2 Å². The number of benzene rings is 1. The van der Waals surface area contributed by atoms with Crippen LogP contribution >= 0.6 is 0 Å². The van der Waals surface area contributed by atoms with Crippen molar-refractivity contribution in [3.8, 4) is 0 Å². The number of aryl methyl sites for hydroxylation is 1. The molecule has 21 heavy (non-hydrogen) atoms. The quantitative estimate of drug-likeness (QED) is 0.920. The van der Waals surface area contributed by atoms with Gasteiger partial charge in [0.2, 0.25) is 10.0 Å². The van der Waals surface area contributed by atoms with Crippen molar-refractivity contribution < 1.29 is 8.42 Å². The maximum absolute atomic E-state index is 12.0. The molecule has 1 heterocycles. The van der Waals surface area contributed by atoms with E-state index in [0.29, 0.717) is 6.54 Å². The van der Waals surface area contributed by atoms with E-state index in [-0.39, 0.29) is 4.90 Å². The summed E-state index contributed by atoms with van der Waals surface area (Å²) in [7, 11) is -0.327. The van der Waals surface area contributed by atoms with Gasteiger partial charge in [-0.15, -0.1) is 0 Å². The monoisotopic (exact) mass is 305 g/mol. The van der Waals surface area contributed by atoms with Crippen LogP contribution in [0.5, 0.6) is 0 Å². The number of pyridine rings is 1. The van der Waals surface area contributed by atoms with Gasteiger partial charge in [0.1, 0.15) is 0 Å². The van der Waals surface area contributed by atoms with Crippen LogP contribution in [0.4, 0.5) is 5.69 Å². The molecule has 0 bridgehead atoms. The van der Waals surface area contributed by atoms with Gasteiger partial charge in [0.25, 0.3) is 0 Å². The van der Waals surface area contributed by atoms with Crippen LogP contribution in [-0.4, -0.2) is 31.8 Å². The summed E-state index contributed by atoms with van der Waals surface area (Å²) in [6, 6.07) is 8.72. The van der Waals surface area contributed by atoms with Gasteiger partial charge in [-0.05, 0) is 48.4 Å². The Bertz CT molecular complexity index is 710. The van der Waals surface area contributed by atoms with Gasteiger partial charge >= 0.3 is 0 Å². The van der Waals surface area contributed by atoms with Gasteiger partial charge in [-0.3, -0.25) is 4.98 Å². The summed E-state index contributed by atoms with van der Waals surface area (Å²) in [5, 5.41) is 3.27. The Morgan fingerprint density at radius 1 is 1.14 bits per heavy atom. The van der Waals surface area contributed by atoms with E-state index in [0.717, 1.165) is 16.8 Å². The Labute approximate surface area is 125 Å². The Morgan fingerprint density at radius 2 is 1.81 bits per heavy atom. The Balaban J connectivity index is 2.09. The first kappa shape index (κ1) is 15.5. The van der Waals surface area contributed by atoms with Crippen LogP contribution in [0.15, 0.2) is 47.6 Å². The number of rotatable bonds is 5. The Morgan fingerprint density at radius 3 is 2.38 bits per heavy atom. The van der Waals surface area contributed by atoms with Gasteiger partial charge in [0.05, 0.1) is 4.90 Å². The lowest BCUT2D eigenvalue weighted by atomic mass is 10.1. The summed E-state index contributed by atoms with van der Waals surface area (Å²) in [4.78, 5) is 4.35. The Hall–Kier alpha value is -1.92. The van der Waals surface area contributed by atoms with E-state index < -0.39 is 10.0 Å². The first-order chi connectivity index (χ1) is 9.91. The second-order valence-corrected chi connectivity index (χ2v) is 7.12. The summed E-state index contributed by atoms with van der Waals surface area (Å²) in [5.74, 6) is 0. The van der Waals surface area contributed by atoms with Gasteiger partial charge in [0, 0.05) is 38.7 Å². The van der Waals surface area contributed by atoms with E-state index in [2.05, 4.69) is 10.3 Å². The van der Waals surface area contributed by atoms with Gasteiger partial charge in [-0.2, -0.15) is 0 Å². The minimum Gasteiger partial charge on any atom is -0.381 e. The van der Waals surface area contributed by atoms with Crippen LogP contribution in [0.1, 0.15) is 11.1 Å². The molecular weight excluding hydrogens is 286 g/mol. The van der Waals surface area contributed by atoms with Crippen molar-refractivity contribution in [3.05, 3.63) is 53.9 Å². The van der Waals surface area contributed by atoms with Crippen molar-refractivity contribution in [1.82, 2.24) is 9.29 Å². The van der Waals surface area contributed by atoms with E-state index >= 15 is 0 Å². The number of anilines is 1. The average molecular weight is 305 g/mol. The molecular formula is C15H19N3O2S. The molecule has 0 amide bonds. The van der Waals surface area contributed by atoms with Crippen LogP contribution < -0.4 is 5.32 Å². The lowest BCUT2D eigenvalue weighted by Gasteiger charge is -2.12. The highest BCUT2D eigenvalue weighted by Gasteiger charge is 2.16. The summed E-state index contributed by atoms with van der Waals surface area (Å²) >= 11 is 0. The van der Waals surface area contributed by atoms with Crippen molar-refractivity contribution in [2.75, 3.05) is 19.4 Å². The second kappa shape index (κ2) is 6.24. The first-order valence-electron chi connectivity index (χ1n) is 6.57. The molecule has 0 aliphatic rings. The fraction of sp³-hybridized carbons (Fsp3) is 0.267. The first-order valence-corrected chi connectivity index (χ1v) is 8.01. The fourth-order valence-corrected chi connectivity index (χ4v) is 2.76. The summed E-state index contributed by atoms with van der Waals surface area (Å²) in [5.41, 5.74) is 3.16. The minimum absolute atomic E-state index is 0.290. The lowest BCUT2D eigenvalue weighted by Crippen LogP contribution is -2.22. The number of nitrogens with zero attached hydrogens (tertiary/aromatic N) is 2. The van der Waals surface area contributed by atoms with Crippen molar-refractivity contribution in [3.63, 3.8) is 0 Å². The van der Waals surface area contributed by atoms with Crippen LogP contribution in [0.2, 0.25) is 0 Å². The molecule has 112 valence electrons. The van der Waals surface area contributed by atoms with E-state index in [1.54, 1.807) is 30.5 Å². The average Bonchev–Trinajstić information content (AvgIpc) is 2.46. The van der Waals surface area contributed by atoms with E-state index in [4.69, 9.17) is 0 Å². The SMILES string of the molecule is Cc1cnccc1CNc1ccc(S(=O)(=O)N(C)C)cc1. The molecule has 0 atom stereocenters. The molecule has 5 nitrogen and oxygen atoms in total. The van der Waals surface area contributed by atoms with Gasteiger partial charge in [0.15, 0.2) is 0 Å². The molecule has 0 aliphatic heterocycles. The molecule has 2 rings (SSSR count). The summed E-state index contributed by atoms with van der Waals surface area (Å²) in [6.45, 7) is 2.69. The largest absolute Gasteiger partial charge is 0.381 e. The molecule has 0 radical (unpaired) electrons. The second-order valence-electron chi connectivity index (χ2n) is 4.97. The van der Waals surface area contributed by atoms with Crippen LogP contribution in [0, 0.1) is 6.92 Å². The number of hydrogen-bond donors (Lipinski definition) is 1. The zero-order chi connectivity index (χ0) is 15.5. The van der Waals surface area contributed by atoms with Crippen LogP contribution in [0.25, 0.3) is 0 Å². The highest BCUT2D eigenvalue weighted by Crippen LogP contribution is 2.17. The maximum Gasteiger partial charge on any atom is 0.242 e. The van der Waals surface area contributed by atoms with Crippen molar-refractivity contribution in [2.24, 2.45) is 0 Å². The molecule has 0 unspecified atom stereocenters. The van der Waals surface area contributed by atoms with Crippen molar-refractivity contribution in [2.45, 2.75) is 18.4 Å². The predicted molar refractivity (Wildman–Crippen MR) is 83.6 cm³/mol. The molecule has 1 aromatic carbocycles. The normalized spacial score (nSPS) is 11.6. The maximum atomic E-state index is 12.0. The zero-order valence-electron chi connectivity index (χ0n) is 12.4. The van der Waals surface area contributed by atoms with Gasteiger partial charge in [-0.1, -0.05) is 0 Å². The molecule has 0 saturated heterocycles. The van der Waals surface area contributed by atoms with Gasteiger partial charge < -0.3 is 5.32 Å². The third-order valence-corrected chi connectivity index (χ3v) is 5.08. The molecule has 0 aliphatic carbocycles. The molecule has 0 saturated carbocycles. The molecule has 0 spiro atoms. The highest BCUT2D eigenvalue weighted by molar-refractivity contribution is 7.89. The van der Waals surface area contributed by atoms with Gasteiger partial charge in [-0.25, -0.2) is 12.7 Å². The minimum atomic E-state index is -3.37. The third-order valence-electron chi connectivity index (χ3n) is 3.25. The number of nitrogens with one attached hydrogen (secondary N) is 1. The molecule has 1 aromatic heterocycles. The molecule has 2 aromatic rings. The van der Waals surface area contributed by atoms with Crippen molar-refractivity contribution >= 4 is 15.7 Å². The number of hydrogen-bond acceptors (Lipinski definition) is 4. The lowest BCUT2D eigenvalue weighted by molar-refractivity contribution is 0.521. The zero-order valence-corrected chi connectivity index (χ0v) is 13.2. The van der Waals surface area contributed by atoms with E-state index in [9.17, 15) is 8.42 Å². The number of aromatic nitrogens is 1. The molecule has 6 heteroatoms. The van der Waals surface area contributed by atoms with Crippen LogP contribution in [-0.2, 0) is 16.6 Å². The third kappa shape index (κ3) is 3.59. The standard InChI is InChI=1S/C15H19N3O2S/c1-12-10-16-9-8-13(12)11-17-14-4-6-15(7-5-14)21(19,20)18(2)3/h4-10,17H,11H2,1-3H3. The van der Waals surface area contributed by atoms with Crippen LogP contribution in [0.3, 0.4) is 0 Å². The molecule has 1 N–H and O–H groups in total. The predicted octanol–water partition coefficient (Wildman–Crippen LogP) is 2.25. The summed E-state index contributed by atoms with van der Waals surface area (Å²) < 4.78 is 25.1. The molecule has 0 fully saturated rings. The fourth-order valence-electron chi connectivity index (χ4n) is 1.85. The Kier molecular flexibility index (Phi) is 4.59. The summed E-state index contributed by atoms with van der Waals surface area (Å²) in [6.07, 6.45) is 3.58. The number of sulfonamides is 1. The topological polar surface area (TPSA) is 62.3 Å². The van der Waals surface area contributed by atoms with Crippen molar-refractivity contribution in [1.29, 1.82) is 0 Å².